The second-order valence-corrected chi connectivity index (χ2v) is 6.70. The minimum absolute atomic E-state index is 0.0351. The Labute approximate surface area is 139 Å². The molecule has 3 aromatic rings. The maximum absolute atomic E-state index is 13.2. The van der Waals surface area contributed by atoms with Gasteiger partial charge >= 0.3 is 0 Å². The Kier molecular flexibility index (Phi) is 4.88. The monoisotopic (exact) mass is 329 g/mol. The molecule has 5 heteroatoms. The highest BCUT2D eigenvalue weighted by atomic mass is 32.1. The van der Waals surface area contributed by atoms with Crippen molar-refractivity contribution in [3.8, 4) is 0 Å². The van der Waals surface area contributed by atoms with Crippen LogP contribution in [0.2, 0.25) is 0 Å². The van der Waals surface area contributed by atoms with Crippen molar-refractivity contribution < 1.29 is 4.39 Å². The molecule has 0 spiro atoms. The van der Waals surface area contributed by atoms with Crippen LogP contribution < -0.4 is 5.32 Å². The maximum Gasteiger partial charge on any atom is 0.123 e. The van der Waals surface area contributed by atoms with Crippen LogP contribution in [0.1, 0.15) is 42.2 Å². The van der Waals surface area contributed by atoms with E-state index in [1.165, 1.54) is 17.0 Å². The molecule has 3 nitrogen and oxygen atoms in total. The maximum atomic E-state index is 13.2. The number of thiophene rings is 1. The molecular weight excluding hydrogens is 309 g/mol. The molecule has 0 aliphatic carbocycles. The molecule has 1 N–H and O–H groups in total. The van der Waals surface area contributed by atoms with Gasteiger partial charge < -0.3 is 4.57 Å². The van der Waals surface area contributed by atoms with Gasteiger partial charge in [0.1, 0.15) is 11.6 Å². The number of halogens is 1. The Morgan fingerprint density at radius 1 is 1.22 bits per heavy atom. The van der Waals surface area contributed by atoms with Crippen molar-refractivity contribution in [2.45, 2.75) is 32.5 Å². The highest BCUT2D eigenvalue weighted by Crippen LogP contribution is 2.26. The molecule has 0 saturated carbocycles. The molecule has 23 heavy (non-hydrogen) atoms. The van der Waals surface area contributed by atoms with Crippen molar-refractivity contribution in [1.82, 2.24) is 14.9 Å². The van der Waals surface area contributed by atoms with E-state index in [0.29, 0.717) is 12.6 Å². The van der Waals surface area contributed by atoms with Crippen LogP contribution >= 0.6 is 11.3 Å². The van der Waals surface area contributed by atoms with E-state index in [9.17, 15) is 4.39 Å². The lowest BCUT2D eigenvalue weighted by molar-refractivity contribution is 0.523. The molecule has 1 aromatic carbocycles. The van der Waals surface area contributed by atoms with Crippen LogP contribution in [-0.4, -0.2) is 9.55 Å². The SMILES string of the molecule is CC(C)n1ccnc1CNC(c1ccc(F)cc1)c1cccs1. The van der Waals surface area contributed by atoms with Gasteiger partial charge in [-0.05, 0) is 43.0 Å². The van der Waals surface area contributed by atoms with Crippen molar-refractivity contribution in [3.63, 3.8) is 0 Å². The van der Waals surface area contributed by atoms with E-state index < -0.39 is 0 Å². The van der Waals surface area contributed by atoms with Gasteiger partial charge in [-0.15, -0.1) is 11.3 Å². The Hall–Kier alpha value is -1.98. The van der Waals surface area contributed by atoms with Gasteiger partial charge in [0.25, 0.3) is 0 Å². The van der Waals surface area contributed by atoms with E-state index in [1.54, 1.807) is 11.3 Å². The summed E-state index contributed by atoms with van der Waals surface area (Å²) < 4.78 is 15.4. The van der Waals surface area contributed by atoms with Crippen LogP contribution in [0.15, 0.2) is 54.2 Å². The molecule has 2 heterocycles. The molecule has 0 saturated heterocycles. The second-order valence-electron chi connectivity index (χ2n) is 5.73. The van der Waals surface area contributed by atoms with E-state index in [0.717, 1.165) is 11.4 Å². The fourth-order valence-corrected chi connectivity index (χ4v) is 3.46. The van der Waals surface area contributed by atoms with Crippen molar-refractivity contribution in [2.24, 2.45) is 0 Å². The Morgan fingerprint density at radius 3 is 2.65 bits per heavy atom. The molecular formula is C18H20FN3S. The average Bonchev–Trinajstić information content (AvgIpc) is 3.20. The quantitative estimate of drug-likeness (QED) is 0.719. The second kappa shape index (κ2) is 7.06. The van der Waals surface area contributed by atoms with Gasteiger partial charge in [0.15, 0.2) is 0 Å². The lowest BCUT2D eigenvalue weighted by Gasteiger charge is -2.19. The van der Waals surface area contributed by atoms with Crippen LogP contribution in [0, 0.1) is 5.82 Å². The van der Waals surface area contributed by atoms with Crippen LogP contribution in [0.3, 0.4) is 0 Å². The van der Waals surface area contributed by atoms with Crippen LogP contribution in [0.25, 0.3) is 0 Å². The van der Waals surface area contributed by atoms with Crippen LogP contribution in [0.4, 0.5) is 4.39 Å². The molecule has 3 rings (SSSR count). The molecule has 0 radical (unpaired) electrons. The summed E-state index contributed by atoms with van der Waals surface area (Å²) >= 11 is 1.69. The predicted octanol–water partition coefficient (Wildman–Crippen LogP) is 4.54. The predicted molar refractivity (Wildman–Crippen MR) is 92.0 cm³/mol. The van der Waals surface area contributed by atoms with Crippen molar-refractivity contribution >= 4 is 11.3 Å². The molecule has 0 aliphatic heterocycles. The van der Waals surface area contributed by atoms with E-state index in [4.69, 9.17) is 0 Å². The first-order valence-electron chi connectivity index (χ1n) is 7.69. The minimum Gasteiger partial charge on any atom is -0.331 e. The van der Waals surface area contributed by atoms with Crippen LogP contribution in [0.5, 0.6) is 0 Å². The van der Waals surface area contributed by atoms with Gasteiger partial charge in [-0.3, -0.25) is 5.32 Å². The molecule has 1 unspecified atom stereocenters. The third-order valence-electron chi connectivity index (χ3n) is 3.80. The first-order chi connectivity index (χ1) is 11.1. The zero-order chi connectivity index (χ0) is 16.2. The number of benzene rings is 1. The van der Waals surface area contributed by atoms with Crippen LogP contribution in [-0.2, 0) is 6.54 Å². The van der Waals surface area contributed by atoms with Gasteiger partial charge in [-0.2, -0.15) is 0 Å². The van der Waals surface area contributed by atoms with E-state index in [2.05, 4.69) is 40.2 Å². The Balaban J connectivity index is 1.82. The topological polar surface area (TPSA) is 29.9 Å². The lowest BCUT2D eigenvalue weighted by atomic mass is 10.1. The molecule has 120 valence electrons. The molecule has 0 aliphatic rings. The first-order valence-corrected chi connectivity index (χ1v) is 8.57. The highest BCUT2D eigenvalue weighted by molar-refractivity contribution is 7.10. The summed E-state index contributed by atoms with van der Waals surface area (Å²) in [5.41, 5.74) is 1.05. The largest absolute Gasteiger partial charge is 0.331 e. The number of nitrogens with one attached hydrogen (secondary N) is 1. The molecule has 1 atom stereocenters. The summed E-state index contributed by atoms with van der Waals surface area (Å²) in [5.74, 6) is 0.790. The number of hydrogen-bond acceptors (Lipinski definition) is 3. The summed E-state index contributed by atoms with van der Waals surface area (Å²) in [4.78, 5) is 5.65. The van der Waals surface area contributed by atoms with Gasteiger partial charge in [-0.1, -0.05) is 18.2 Å². The fraction of sp³-hybridized carbons (Fsp3) is 0.278. The van der Waals surface area contributed by atoms with E-state index in [1.807, 2.05) is 30.6 Å². The Morgan fingerprint density at radius 2 is 2.00 bits per heavy atom. The van der Waals surface area contributed by atoms with Gasteiger partial charge in [-0.25, -0.2) is 9.37 Å². The first kappa shape index (κ1) is 15.9. The third kappa shape index (κ3) is 3.68. The zero-order valence-corrected chi connectivity index (χ0v) is 14.1. The fourth-order valence-electron chi connectivity index (χ4n) is 2.64. The summed E-state index contributed by atoms with van der Waals surface area (Å²) in [6.45, 7) is 4.94. The third-order valence-corrected chi connectivity index (χ3v) is 4.74. The minimum atomic E-state index is -0.214. The highest BCUT2D eigenvalue weighted by Gasteiger charge is 2.16. The number of aromatic nitrogens is 2. The summed E-state index contributed by atoms with van der Waals surface area (Å²) in [6, 6.07) is 11.2. The number of nitrogens with zero attached hydrogens (tertiary/aromatic N) is 2. The lowest BCUT2D eigenvalue weighted by Crippen LogP contribution is -2.23. The summed E-state index contributed by atoms with van der Waals surface area (Å²) in [5, 5.41) is 5.62. The summed E-state index contributed by atoms with van der Waals surface area (Å²) in [7, 11) is 0. The smallest absolute Gasteiger partial charge is 0.123 e. The van der Waals surface area contributed by atoms with E-state index in [-0.39, 0.29) is 11.9 Å². The van der Waals surface area contributed by atoms with Gasteiger partial charge in [0.2, 0.25) is 0 Å². The Bertz CT molecular complexity index is 732. The molecule has 0 bridgehead atoms. The number of hydrogen-bond donors (Lipinski definition) is 1. The molecule has 2 aromatic heterocycles. The molecule has 0 amide bonds. The molecule has 0 fully saturated rings. The van der Waals surface area contributed by atoms with E-state index >= 15 is 0 Å². The van der Waals surface area contributed by atoms with Crippen molar-refractivity contribution in [2.75, 3.05) is 0 Å². The standard InChI is InChI=1S/C18H20FN3S/c1-13(2)22-10-9-20-17(22)12-21-18(16-4-3-11-23-16)14-5-7-15(19)8-6-14/h3-11,13,18,21H,12H2,1-2H3. The van der Waals surface area contributed by atoms with Crippen molar-refractivity contribution in [3.05, 3.63) is 76.3 Å². The van der Waals surface area contributed by atoms with Gasteiger partial charge in [0.05, 0.1) is 12.6 Å². The normalized spacial score (nSPS) is 12.7. The average molecular weight is 329 g/mol. The zero-order valence-electron chi connectivity index (χ0n) is 13.2. The summed E-state index contributed by atoms with van der Waals surface area (Å²) in [6.07, 6.45) is 3.83. The number of imidazole rings is 1. The number of rotatable bonds is 6. The van der Waals surface area contributed by atoms with Gasteiger partial charge in [0, 0.05) is 23.3 Å². The van der Waals surface area contributed by atoms with Crippen molar-refractivity contribution in [1.29, 1.82) is 0 Å².